The number of urea groups is 1. The molecule has 0 bridgehead atoms. The summed E-state index contributed by atoms with van der Waals surface area (Å²) < 4.78 is 28.9. The van der Waals surface area contributed by atoms with Crippen molar-refractivity contribution in [3.05, 3.63) is 11.6 Å². The number of unbranched alkanes of at least 4 members (excludes halogenated alkanes) is 1. The lowest BCUT2D eigenvalue weighted by molar-refractivity contribution is -0.121. The van der Waals surface area contributed by atoms with Crippen LogP contribution in [0.1, 0.15) is 32.6 Å². The number of thioether (sulfide) groups is 1. The van der Waals surface area contributed by atoms with E-state index in [0.717, 1.165) is 25.0 Å². The first-order valence-corrected chi connectivity index (χ1v) is 16.5. The molecule has 3 rings (SSSR count). The van der Waals surface area contributed by atoms with Crippen LogP contribution >= 0.6 is 19.4 Å². The number of fused-ring (bicyclic) bond motifs is 1. The SMILES string of the molecule is C[C@H]1[C@H]([C@H](O)[C@H](O)CO)OC(P(=O)(O)OCCOCCNC(=O)CCCCC2SC[C@@H]3NC(=O)N[C@H]23)=C[C@@H]1N=C(N)N. The van der Waals surface area contributed by atoms with Gasteiger partial charge in [-0.25, -0.2) is 9.79 Å². The molecule has 3 heterocycles. The number of nitrogens with two attached hydrogens (primary N) is 2. The molecule has 3 aliphatic rings. The number of amides is 3. The number of rotatable bonds is 17. The van der Waals surface area contributed by atoms with Gasteiger partial charge in [0.25, 0.3) is 0 Å². The van der Waals surface area contributed by atoms with Crippen molar-refractivity contribution in [1.29, 1.82) is 0 Å². The third-order valence-corrected chi connectivity index (χ3v) is 10.1. The molecule has 0 aliphatic carbocycles. The molecule has 2 unspecified atom stereocenters. The van der Waals surface area contributed by atoms with Gasteiger partial charge in [0.1, 0.15) is 18.3 Å². The number of aliphatic hydroxyl groups is 3. The molecule has 3 aliphatic heterocycles. The molecule has 11 N–H and O–H groups in total. The number of nitrogens with zero attached hydrogens (tertiary/aromatic N) is 1. The lowest BCUT2D eigenvalue weighted by atomic mass is 9.89. The van der Waals surface area contributed by atoms with Crippen molar-refractivity contribution in [3.8, 4) is 0 Å². The third-order valence-electron chi connectivity index (χ3n) is 7.26. The Hall–Kier alpha value is -2.11. The number of ether oxygens (including phenoxy) is 2. The first-order valence-electron chi connectivity index (χ1n) is 13.9. The maximum atomic E-state index is 12.9. The van der Waals surface area contributed by atoms with E-state index in [1.165, 1.54) is 6.08 Å². The molecule has 0 aromatic rings. The van der Waals surface area contributed by atoms with E-state index in [0.29, 0.717) is 11.7 Å². The van der Waals surface area contributed by atoms with Gasteiger partial charge in [-0.05, 0) is 18.9 Å². The summed E-state index contributed by atoms with van der Waals surface area (Å²) in [6.45, 7) is 0.936. The number of aliphatic imine (C=N–C) groups is 1. The van der Waals surface area contributed by atoms with Crippen LogP contribution in [0.5, 0.6) is 0 Å². The van der Waals surface area contributed by atoms with Crippen molar-refractivity contribution in [2.75, 3.05) is 38.7 Å². The standard InChI is InChI=1S/C24H43N6O10PS/c1-13-14(28-23(25)26)10-19(40-22(13)21(34)16(32)11-31)41(36,37)39-9-8-38-7-6-27-18(33)5-3-2-4-17-20-15(12-42-17)29-24(35)30-20/h10,13-17,20-22,31-32,34H,2-9,11-12H2,1H3,(H,27,33)(H,36,37)(H4,25,26,28)(H2,29,30,35)/t13-,14+,15+,16-,17?,20+,21-,22-/m1/s1. The summed E-state index contributed by atoms with van der Waals surface area (Å²) in [6, 6.07) is -0.629. The second kappa shape index (κ2) is 16.1. The number of hydrogen-bond donors (Lipinski definition) is 9. The monoisotopic (exact) mass is 638 g/mol. The molecule has 2 fully saturated rings. The van der Waals surface area contributed by atoms with Crippen LogP contribution in [0.2, 0.25) is 0 Å². The maximum absolute atomic E-state index is 12.9. The molecular weight excluding hydrogens is 595 g/mol. The first kappa shape index (κ1) is 34.4. The van der Waals surface area contributed by atoms with Gasteiger partial charge < -0.3 is 61.6 Å². The summed E-state index contributed by atoms with van der Waals surface area (Å²) in [5, 5.41) is 38.4. The molecular formula is C24H43N6O10PS. The minimum absolute atomic E-state index is 0.0523. The van der Waals surface area contributed by atoms with Crippen molar-refractivity contribution < 1.29 is 48.4 Å². The van der Waals surface area contributed by atoms with Gasteiger partial charge in [0.05, 0.1) is 44.6 Å². The van der Waals surface area contributed by atoms with Gasteiger partial charge >= 0.3 is 13.6 Å². The Labute approximate surface area is 248 Å². The molecule has 0 spiro atoms. The summed E-state index contributed by atoms with van der Waals surface area (Å²) in [7, 11) is -4.54. The fraction of sp³-hybridized carbons (Fsp3) is 0.792. The molecule has 240 valence electrons. The Morgan fingerprint density at radius 1 is 1.29 bits per heavy atom. The van der Waals surface area contributed by atoms with Crippen LogP contribution in [-0.4, -0.2) is 119 Å². The number of carbonyl (C=O) groups excluding carboxylic acids is 2. The highest BCUT2D eigenvalue weighted by atomic mass is 32.2. The maximum Gasteiger partial charge on any atom is 0.392 e. The van der Waals surface area contributed by atoms with Crippen LogP contribution in [0, 0.1) is 5.92 Å². The van der Waals surface area contributed by atoms with E-state index in [1.54, 1.807) is 6.92 Å². The number of aliphatic hydroxyl groups excluding tert-OH is 3. The summed E-state index contributed by atoms with van der Waals surface area (Å²) in [5.41, 5.74) is 10.4. The number of carbonyl (C=O) groups is 2. The molecule has 2 saturated heterocycles. The zero-order valence-corrected chi connectivity index (χ0v) is 25.2. The molecule has 0 radical (unpaired) electrons. The van der Waals surface area contributed by atoms with Crippen molar-refractivity contribution in [3.63, 3.8) is 0 Å². The lowest BCUT2D eigenvalue weighted by Gasteiger charge is -2.38. The summed E-state index contributed by atoms with van der Waals surface area (Å²) in [5.74, 6) is -0.120. The molecule has 0 saturated carbocycles. The first-order chi connectivity index (χ1) is 19.9. The van der Waals surface area contributed by atoms with Crippen molar-refractivity contribution in [2.45, 2.75) is 74.3 Å². The largest absolute Gasteiger partial charge is 0.479 e. The highest BCUT2D eigenvalue weighted by molar-refractivity contribution is 8.00. The van der Waals surface area contributed by atoms with Gasteiger partial charge in [-0.1, -0.05) is 13.3 Å². The second-order valence-corrected chi connectivity index (χ2v) is 13.4. The molecule has 16 nitrogen and oxygen atoms in total. The van der Waals surface area contributed by atoms with Crippen molar-refractivity contribution in [2.24, 2.45) is 22.4 Å². The van der Waals surface area contributed by atoms with E-state index in [2.05, 4.69) is 20.9 Å². The van der Waals surface area contributed by atoms with E-state index < -0.39 is 50.0 Å². The molecule has 9 atom stereocenters. The smallest absolute Gasteiger partial charge is 0.392 e. The lowest BCUT2D eigenvalue weighted by Crippen LogP contribution is -2.49. The topological polar surface area (TPSA) is 260 Å². The highest BCUT2D eigenvalue weighted by Crippen LogP contribution is 2.54. The quantitative estimate of drug-likeness (QED) is 0.0283. The average molecular weight is 639 g/mol. The molecule has 0 aromatic carbocycles. The van der Waals surface area contributed by atoms with Gasteiger partial charge in [-0.15, -0.1) is 0 Å². The molecule has 18 heteroatoms. The minimum Gasteiger partial charge on any atom is -0.479 e. The Kier molecular flexibility index (Phi) is 13.2. The Bertz CT molecular complexity index is 1030. The fourth-order valence-electron chi connectivity index (χ4n) is 4.98. The average Bonchev–Trinajstić information content (AvgIpc) is 3.49. The van der Waals surface area contributed by atoms with Crippen LogP contribution < -0.4 is 27.4 Å². The van der Waals surface area contributed by atoms with Crippen LogP contribution in [0.3, 0.4) is 0 Å². The Balaban J connectivity index is 1.32. The summed E-state index contributed by atoms with van der Waals surface area (Å²) >= 11 is 1.84. The molecule has 0 aromatic heterocycles. The number of guanidine groups is 1. The van der Waals surface area contributed by atoms with Gasteiger partial charge in [0.15, 0.2) is 5.96 Å². The second-order valence-electron chi connectivity index (χ2n) is 10.4. The molecule has 3 amide bonds. The Morgan fingerprint density at radius 3 is 2.76 bits per heavy atom. The number of nitrogens with one attached hydrogen (secondary N) is 3. The predicted octanol–water partition coefficient (Wildman–Crippen LogP) is -1.72. The van der Waals surface area contributed by atoms with E-state index in [9.17, 15) is 34.4 Å². The minimum atomic E-state index is -4.54. The highest BCUT2D eigenvalue weighted by Gasteiger charge is 2.44. The van der Waals surface area contributed by atoms with Gasteiger partial charge in [0.2, 0.25) is 11.4 Å². The predicted molar refractivity (Wildman–Crippen MR) is 154 cm³/mol. The van der Waals surface area contributed by atoms with E-state index in [1.807, 2.05) is 11.8 Å². The third kappa shape index (κ3) is 9.71. The van der Waals surface area contributed by atoms with Crippen molar-refractivity contribution >= 4 is 37.3 Å². The fourth-order valence-corrected chi connectivity index (χ4v) is 7.57. The van der Waals surface area contributed by atoms with E-state index >= 15 is 0 Å². The van der Waals surface area contributed by atoms with E-state index in [4.69, 9.17) is 25.5 Å². The van der Waals surface area contributed by atoms with Gasteiger partial charge in [0, 0.05) is 29.9 Å². The van der Waals surface area contributed by atoms with Crippen LogP contribution in [0.25, 0.3) is 0 Å². The summed E-state index contributed by atoms with van der Waals surface area (Å²) in [6.07, 6.45) is -0.242. The van der Waals surface area contributed by atoms with Crippen LogP contribution in [0.15, 0.2) is 16.6 Å². The van der Waals surface area contributed by atoms with Gasteiger partial charge in [-0.2, -0.15) is 11.8 Å². The van der Waals surface area contributed by atoms with Gasteiger partial charge in [-0.3, -0.25) is 9.36 Å². The number of hydrogen-bond acceptors (Lipinski definition) is 11. The normalized spacial score (nSPS) is 29.6. The van der Waals surface area contributed by atoms with Crippen LogP contribution in [0.4, 0.5) is 4.79 Å². The van der Waals surface area contributed by atoms with Crippen LogP contribution in [-0.2, 0) is 23.4 Å². The Morgan fingerprint density at radius 2 is 2.05 bits per heavy atom. The van der Waals surface area contributed by atoms with E-state index in [-0.39, 0.29) is 56.3 Å². The molecule has 42 heavy (non-hydrogen) atoms. The van der Waals surface area contributed by atoms with Crippen molar-refractivity contribution in [1.82, 2.24) is 16.0 Å². The summed E-state index contributed by atoms with van der Waals surface area (Å²) in [4.78, 5) is 38.0. The zero-order chi connectivity index (χ0) is 30.9. The zero-order valence-electron chi connectivity index (χ0n) is 23.5.